The number of fused-ring (bicyclic) bond motifs is 3. The second-order valence-electron chi connectivity index (χ2n) is 13.9. The monoisotopic (exact) mass is 825 g/mol. The third-order valence-electron chi connectivity index (χ3n) is 9.16. The van der Waals surface area contributed by atoms with Crippen LogP contribution in [0.3, 0.4) is 0 Å². The van der Waals surface area contributed by atoms with Crippen molar-refractivity contribution in [2.75, 3.05) is 0 Å². The van der Waals surface area contributed by atoms with Gasteiger partial charge in [0.25, 0.3) is 0 Å². The molecule has 0 amide bonds. The van der Waals surface area contributed by atoms with Crippen molar-refractivity contribution in [3.8, 4) is 34.1 Å². The Bertz CT molecular complexity index is 2270. The van der Waals surface area contributed by atoms with E-state index in [1.54, 1.807) is 0 Å². The summed E-state index contributed by atoms with van der Waals surface area (Å²) in [6, 6.07) is 37.0. The number of pyridine rings is 1. The Morgan fingerprint density at radius 1 is 0.816 bits per heavy atom. The molecule has 7 aromatic rings. The van der Waals surface area contributed by atoms with Crippen molar-refractivity contribution < 1.29 is 25.8 Å². The summed E-state index contributed by atoms with van der Waals surface area (Å²) in [4.78, 5) is 4.78. The Kier molecular flexibility index (Phi) is 9.69. The smallest absolute Gasteiger partial charge is 0.509 e. The molecule has 0 unspecified atom stereocenters. The van der Waals surface area contributed by atoms with Gasteiger partial charge in [-0.3, -0.25) is 4.68 Å². The number of rotatable bonds is 8. The van der Waals surface area contributed by atoms with Crippen LogP contribution in [0, 0.1) is 32.9 Å². The zero-order chi connectivity index (χ0) is 33.6. The molecule has 0 aliphatic rings. The van der Waals surface area contributed by atoms with Crippen molar-refractivity contribution in [3.05, 3.63) is 131 Å². The Morgan fingerprint density at radius 3 is 2.35 bits per heavy atom. The van der Waals surface area contributed by atoms with E-state index < -0.39 is 0 Å². The van der Waals surface area contributed by atoms with Crippen LogP contribution in [0.15, 0.2) is 91.1 Å². The van der Waals surface area contributed by atoms with E-state index in [0.717, 1.165) is 68.0 Å². The van der Waals surface area contributed by atoms with E-state index in [-0.39, 0.29) is 26.5 Å². The van der Waals surface area contributed by atoms with E-state index in [1.807, 2.05) is 29.1 Å². The van der Waals surface area contributed by atoms with Gasteiger partial charge in [-0.1, -0.05) is 82.1 Å². The number of nitrogens with zero attached hydrogens (tertiary/aromatic N) is 4. The quantitative estimate of drug-likeness (QED) is 0.143. The molecular formula is C43H42N4OPt. The van der Waals surface area contributed by atoms with Gasteiger partial charge in [0.1, 0.15) is 5.82 Å². The minimum absolute atomic E-state index is 0. The first-order valence-electron chi connectivity index (χ1n) is 16.9. The van der Waals surface area contributed by atoms with E-state index in [4.69, 9.17) is 14.8 Å². The van der Waals surface area contributed by atoms with Gasteiger partial charge in [0.05, 0.1) is 5.69 Å². The average molecular weight is 826 g/mol. The average Bonchev–Trinajstić information content (AvgIpc) is 3.55. The van der Waals surface area contributed by atoms with Gasteiger partial charge < -0.3 is 9.30 Å². The third-order valence-corrected chi connectivity index (χ3v) is 9.16. The first-order valence-corrected chi connectivity index (χ1v) is 16.9. The Morgan fingerprint density at radius 2 is 1.61 bits per heavy atom. The molecule has 0 fully saturated rings. The number of hydrogen-bond donors (Lipinski definition) is 0. The normalized spacial score (nSPS) is 11.7. The SMILES string of the molecule is CCCCc1ccc2c(c1)c1ccc(Oc3[c-]c(-n4nc(C)c(-c5ccccc5)c4C)cc(C(C)(C)C)c3)[c-]c1n2-c1cc(C)ccn1.[Pt+2]. The van der Waals surface area contributed by atoms with Gasteiger partial charge in [0.15, 0.2) is 0 Å². The number of aromatic nitrogens is 4. The second-order valence-corrected chi connectivity index (χ2v) is 13.9. The van der Waals surface area contributed by atoms with Crippen LogP contribution in [0.1, 0.15) is 68.6 Å². The third kappa shape index (κ3) is 6.74. The van der Waals surface area contributed by atoms with Crippen LogP contribution in [0.2, 0.25) is 0 Å². The molecule has 7 rings (SSSR count). The van der Waals surface area contributed by atoms with E-state index in [2.05, 4.69) is 132 Å². The summed E-state index contributed by atoms with van der Waals surface area (Å²) in [6.07, 6.45) is 5.28. The van der Waals surface area contributed by atoms with E-state index in [0.29, 0.717) is 11.5 Å². The van der Waals surface area contributed by atoms with Gasteiger partial charge in [-0.2, -0.15) is 11.2 Å². The summed E-state index contributed by atoms with van der Waals surface area (Å²) >= 11 is 0. The maximum Gasteiger partial charge on any atom is 2.00 e. The molecule has 5 nitrogen and oxygen atoms in total. The fourth-order valence-corrected chi connectivity index (χ4v) is 6.60. The fourth-order valence-electron chi connectivity index (χ4n) is 6.60. The van der Waals surface area contributed by atoms with Gasteiger partial charge in [-0.05, 0) is 85.0 Å². The summed E-state index contributed by atoms with van der Waals surface area (Å²) in [6.45, 7) is 15.2. The molecule has 0 spiro atoms. The van der Waals surface area contributed by atoms with Crippen LogP contribution < -0.4 is 4.74 Å². The zero-order valence-electron chi connectivity index (χ0n) is 29.3. The van der Waals surface area contributed by atoms with Crippen LogP contribution in [0.4, 0.5) is 0 Å². The van der Waals surface area contributed by atoms with Crippen LogP contribution in [0.5, 0.6) is 11.5 Å². The van der Waals surface area contributed by atoms with Gasteiger partial charge in [0, 0.05) is 34.5 Å². The van der Waals surface area contributed by atoms with Gasteiger partial charge >= 0.3 is 21.1 Å². The molecule has 3 heterocycles. The van der Waals surface area contributed by atoms with Crippen molar-refractivity contribution in [2.24, 2.45) is 0 Å². The molecule has 0 saturated heterocycles. The van der Waals surface area contributed by atoms with Gasteiger partial charge in [-0.15, -0.1) is 41.3 Å². The molecule has 250 valence electrons. The molecule has 49 heavy (non-hydrogen) atoms. The molecule has 0 bridgehead atoms. The van der Waals surface area contributed by atoms with E-state index in [9.17, 15) is 0 Å². The van der Waals surface area contributed by atoms with Crippen molar-refractivity contribution >= 4 is 21.8 Å². The molecule has 0 aliphatic carbocycles. The molecule has 0 radical (unpaired) electrons. The van der Waals surface area contributed by atoms with Gasteiger partial charge in [-0.25, -0.2) is 4.98 Å². The molecule has 0 saturated carbocycles. The van der Waals surface area contributed by atoms with E-state index in [1.165, 1.54) is 23.8 Å². The number of aryl methyl sites for hydroxylation is 3. The molecule has 0 atom stereocenters. The Labute approximate surface area is 304 Å². The topological polar surface area (TPSA) is 44.9 Å². The maximum atomic E-state index is 6.65. The number of ether oxygens (including phenoxy) is 1. The largest absolute Gasteiger partial charge is 2.00 e. The van der Waals surface area contributed by atoms with Crippen molar-refractivity contribution in [1.82, 2.24) is 19.3 Å². The minimum Gasteiger partial charge on any atom is -0.509 e. The first-order chi connectivity index (χ1) is 23.1. The van der Waals surface area contributed by atoms with Crippen molar-refractivity contribution in [3.63, 3.8) is 0 Å². The second kappa shape index (κ2) is 13.8. The summed E-state index contributed by atoms with van der Waals surface area (Å²) in [5, 5.41) is 7.31. The Hall–Kier alpha value is -4.47. The predicted octanol–water partition coefficient (Wildman–Crippen LogP) is 11.0. The molecule has 0 N–H and O–H groups in total. The summed E-state index contributed by atoms with van der Waals surface area (Å²) in [7, 11) is 0. The fraction of sp³-hybridized carbons (Fsp3) is 0.256. The van der Waals surface area contributed by atoms with E-state index >= 15 is 0 Å². The Balaban J connectivity index is 0.00000417. The van der Waals surface area contributed by atoms with Crippen LogP contribution >= 0.6 is 0 Å². The molecule has 0 aliphatic heterocycles. The van der Waals surface area contributed by atoms with Crippen molar-refractivity contribution in [1.29, 1.82) is 0 Å². The summed E-state index contributed by atoms with van der Waals surface area (Å²) < 4.78 is 10.8. The first kappa shape index (κ1) is 34.4. The number of unbranched alkanes of at least 4 members (excludes halogenated alkanes) is 1. The van der Waals surface area contributed by atoms with Crippen LogP contribution in [-0.4, -0.2) is 19.3 Å². The molecule has 6 heteroatoms. The minimum atomic E-state index is -0.118. The standard InChI is InChI=1S/C43H42N4O.Pt/c1-8-9-13-31-16-19-39-38(23-31)37-18-17-35(27-40(37)46(39)41-22-28(2)20-21-44-41)48-36-25-33(43(5,6)7)24-34(26-36)47-30(4)42(29(3)45-47)32-14-11-10-12-15-32;/h10-12,14-25H,8-9,13H2,1-7H3;/q-2;+2. The summed E-state index contributed by atoms with van der Waals surface area (Å²) in [5.74, 6) is 2.11. The van der Waals surface area contributed by atoms with Crippen LogP contribution in [-0.2, 0) is 32.9 Å². The number of hydrogen-bond acceptors (Lipinski definition) is 3. The number of benzene rings is 4. The zero-order valence-corrected chi connectivity index (χ0v) is 31.6. The molecule has 4 aromatic carbocycles. The maximum absolute atomic E-state index is 6.65. The molecular weight excluding hydrogens is 784 g/mol. The van der Waals surface area contributed by atoms with Crippen molar-refractivity contribution in [2.45, 2.75) is 73.1 Å². The predicted molar refractivity (Wildman–Crippen MR) is 197 cm³/mol. The van der Waals surface area contributed by atoms with Gasteiger partial charge in [0.2, 0.25) is 0 Å². The molecule has 3 aromatic heterocycles. The van der Waals surface area contributed by atoms with Crippen LogP contribution in [0.25, 0.3) is 44.4 Å². The summed E-state index contributed by atoms with van der Waals surface area (Å²) in [5.41, 5.74) is 10.8.